The Kier molecular flexibility index (Phi) is 1.28. The van der Waals surface area contributed by atoms with Crippen molar-refractivity contribution in [1.29, 1.82) is 0 Å². The topological polar surface area (TPSA) is 38.7 Å². The first-order valence-corrected chi connectivity index (χ1v) is 3.40. The van der Waals surface area contributed by atoms with Gasteiger partial charge in [-0.3, -0.25) is 0 Å². The number of aromatic nitrogens is 3. The van der Waals surface area contributed by atoms with Crippen LogP contribution in [0.4, 0.5) is 0 Å². The average Bonchev–Trinajstić information content (AvgIpc) is 2.04. The third-order valence-electron chi connectivity index (χ3n) is 1.54. The van der Waals surface area contributed by atoms with Gasteiger partial charge in [-0.2, -0.15) is 0 Å². The van der Waals surface area contributed by atoms with E-state index >= 15 is 0 Å². The van der Waals surface area contributed by atoms with Gasteiger partial charge >= 0.3 is 0 Å². The summed E-state index contributed by atoms with van der Waals surface area (Å²) >= 11 is 0. The van der Waals surface area contributed by atoms with E-state index in [1.54, 1.807) is 0 Å². The van der Waals surface area contributed by atoms with Gasteiger partial charge in [-0.15, -0.1) is 10.2 Å². The highest BCUT2D eigenvalue weighted by Gasteiger charge is 1.93. The van der Waals surface area contributed by atoms with Crippen LogP contribution >= 0.6 is 0 Å². The van der Waals surface area contributed by atoms with Crippen LogP contribution in [0.1, 0.15) is 5.56 Å². The quantitative estimate of drug-likeness (QED) is 0.561. The molecule has 0 fully saturated rings. The van der Waals surface area contributed by atoms with E-state index in [0.717, 1.165) is 11.0 Å². The Bertz CT molecular complexity index is 384. The lowest BCUT2D eigenvalue weighted by molar-refractivity contribution is 1.02. The Labute approximate surface area is 64.1 Å². The number of hydrogen-bond donors (Lipinski definition) is 0. The van der Waals surface area contributed by atoms with Crippen LogP contribution in [0.3, 0.4) is 0 Å². The first-order chi connectivity index (χ1) is 5.36. The Hall–Kier alpha value is -1.51. The summed E-state index contributed by atoms with van der Waals surface area (Å²) in [5, 5.41) is 7.62. The summed E-state index contributed by atoms with van der Waals surface area (Å²) in [5.74, 6) is 0. The summed E-state index contributed by atoms with van der Waals surface area (Å²) in [6.45, 7) is 2.02. The van der Waals surface area contributed by atoms with Gasteiger partial charge in [-0.1, -0.05) is 6.07 Å². The van der Waals surface area contributed by atoms with Crippen molar-refractivity contribution < 1.29 is 0 Å². The van der Waals surface area contributed by atoms with Crippen LogP contribution in [0.15, 0.2) is 24.5 Å². The maximum atomic E-state index is 4.05. The molecule has 0 unspecified atom stereocenters. The van der Waals surface area contributed by atoms with Crippen molar-refractivity contribution in [3.63, 3.8) is 0 Å². The molecule has 0 radical (unpaired) electrons. The SMILES string of the molecule is Cc1ccc2ncnnc2c1. The average molecular weight is 145 g/mol. The first kappa shape index (κ1) is 6.22. The molecule has 2 aromatic rings. The first-order valence-electron chi connectivity index (χ1n) is 3.40. The van der Waals surface area contributed by atoms with E-state index in [2.05, 4.69) is 15.2 Å². The van der Waals surface area contributed by atoms with Crippen molar-refractivity contribution in [1.82, 2.24) is 15.2 Å². The van der Waals surface area contributed by atoms with E-state index in [4.69, 9.17) is 0 Å². The predicted molar refractivity (Wildman–Crippen MR) is 42.1 cm³/mol. The number of fused-ring (bicyclic) bond motifs is 1. The molecule has 0 spiro atoms. The van der Waals surface area contributed by atoms with Crippen LogP contribution in [0.2, 0.25) is 0 Å². The van der Waals surface area contributed by atoms with Crippen molar-refractivity contribution in [3.05, 3.63) is 30.1 Å². The fraction of sp³-hybridized carbons (Fsp3) is 0.125. The summed E-state index contributed by atoms with van der Waals surface area (Å²) in [6.07, 6.45) is 1.46. The Morgan fingerprint density at radius 3 is 3.00 bits per heavy atom. The van der Waals surface area contributed by atoms with E-state index in [1.165, 1.54) is 11.9 Å². The zero-order valence-corrected chi connectivity index (χ0v) is 6.15. The molecule has 0 saturated heterocycles. The summed E-state index contributed by atoms with van der Waals surface area (Å²) in [6, 6.07) is 5.92. The molecule has 0 N–H and O–H groups in total. The molecule has 0 atom stereocenters. The molecular weight excluding hydrogens is 138 g/mol. The van der Waals surface area contributed by atoms with Crippen molar-refractivity contribution in [3.8, 4) is 0 Å². The van der Waals surface area contributed by atoms with Crippen molar-refractivity contribution in [2.45, 2.75) is 6.92 Å². The number of hydrogen-bond acceptors (Lipinski definition) is 3. The van der Waals surface area contributed by atoms with Crippen molar-refractivity contribution >= 4 is 11.0 Å². The zero-order chi connectivity index (χ0) is 7.68. The second kappa shape index (κ2) is 2.27. The Morgan fingerprint density at radius 1 is 1.18 bits per heavy atom. The third-order valence-corrected chi connectivity index (χ3v) is 1.54. The minimum atomic E-state index is 0.854. The van der Waals surface area contributed by atoms with Crippen LogP contribution in [-0.4, -0.2) is 15.2 Å². The van der Waals surface area contributed by atoms with Crippen LogP contribution in [0.25, 0.3) is 11.0 Å². The van der Waals surface area contributed by atoms with Gasteiger partial charge in [-0.05, 0) is 24.6 Å². The molecule has 0 bridgehead atoms. The van der Waals surface area contributed by atoms with E-state index in [1.807, 2.05) is 25.1 Å². The monoisotopic (exact) mass is 145 g/mol. The normalized spacial score (nSPS) is 10.3. The van der Waals surface area contributed by atoms with Crippen molar-refractivity contribution in [2.24, 2.45) is 0 Å². The molecule has 54 valence electrons. The maximum absolute atomic E-state index is 4.05. The highest BCUT2D eigenvalue weighted by molar-refractivity contribution is 5.73. The molecule has 1 aromatic carbocycles. The molecule has 0 aliphatic heterocycles. The highest BCUT2D eigenvalue weighted by atomic mass is 15.1. The van der Waals surface area contributed by atoms with Gasteiger partial charge in [0.05, 0.1) is 5.52 Å². The number of nitrogens with zero attached hydrogens (tertiary/aromatic N) is 3. The van der Waals surface area contributed by atoms with Crippen LogP contribution in [-0.2, 0) is 0 Å². The highest BCUT2D eigenvalue weighted by Crippen LogP contribution is 2.08. The summed E-state index contributed by atoms with van der Waals surface area (Å²) in [7, 11) is 0. The summed E-state index contributed by atoms with van der Waals surface area (Å²) in [4.78, 5) is 4.05. The molecule has 2 rings (SSSR count). The molecular formula is C8H7N3. The van der Waals surface area contributed by atoms with Gasteiger partial charge in [0.15, 0.2) is 0 Å². The second-order valence-corrected chi connectivity index (χ2v) is 2.45. The van der Waals surface area contributed by atoms with E-state index < -0.39 is 0 Å². The molecule has 0 saturated carbocycles. The minimum Gasteiger partial charge on any atom is -0.233 e. The molecule has 3 nitrogen and oxygen atoms in total. The third kappa shape index (κ3) is 1.05. The minimum absolute atomic E-state index is 0.854. The number of benzene rings is 1. The molecule has 0 amide bonds. The molecule has 1 aromatic heterocycles. The number of aryl methyl sites for hydroxylation is 1. The lowest BCUT2D eigenvalue weighted by atomic mass is 10.2. The standard InChI is InChI=1S/C8H7N3/c1-6-2-3-7-8(4-6)11-10-5-9-7/h2-5H,1H3. The summed E-state index contributed by atoms with van der Waals surface area (Å²) in [5.41, 5.74) is 2.93. The zero-order valence-electron chi connectivity index (χ0n) is 6.15. The molecule has 1 heterocycles. The smallest absolute Gasteiger partial charge is 0.138 e. The van der Waals surface area contributed by atoms with Crippen LogP contribution in [0, 0.1) is 6.92 Å². The van der Waals surface area contributed by atoms with Crippen molar-refractivity contribution in [2.75, 3.05) is 0 Å². The van der Waals surface area contributed by atoms with Gasteiger partial charge in [0, 0.05) is 0 Å². The van der Waals surface area contributed by atoms with Gasteiger partial charge in [0.2, 0.25) is 0 Å². The maximum Gasteiger partial charge on any atom is 0.138 e. The molecule has 11 heavy (non-hydrogen) atoms. The molecule has 3 heteroatoms. The van der Waals surface area contributed by atoms with Gasteiger partial charge in [0.25, 0.3) is 0 Å². The largest absolute Gasteiger partial charge is 0.233 e. The Morgan fingerprint density at radius 2 is 2.09 bits per heavy atom. The van der Waals surface area contributed by atoms with E-state index in [9.17, 15) is 0 Å². The summed E-state index contributed by atoms with van der Waals surface area (Å²) < 4.78 is 0. The van der Waals surface area contributed by atoms with E-state index in [-0.39, 0.29) is 0 Å². The van der Waals surface area contributed by atoms with Crippen LogP contribution < -0.4 is 0 Å². The lowest BCUT2D eigenvalue weighted by Gasteiger charge is -1.94. The number of rotatable bonds is 0. The lowest BCUT2D eigenvalue weighted by Crippen LogP contribution is -1.86. The van der Waals surface area contributed by atoms with Gasteiger partial charge in [-0.25, -0.2) is 4.98 Å². The fourth-order valence-corrected chi connectivity index (χ4v) is 0.999. The Balaban J connectivity index is 2.83. The van der Waals surface area contributed by atoms with Gasteiger partial charge < -0.3 is 0 Å². The van der Waals surface area contributed by atoms with Gasteiger partial charge in [0.1, 0.15) is 11.8 Å². The fourth-order valence-electron chi connectivity index (χ4n) is 0.999. The second-order valence-electron chi connectivity index (χ2n) is 2.45. The predicted octanol–water partition coefficient (Wildman–Crippen LogP) is 1.33. The molecule has 0 aliphatic rings. The van der Waals surface area contributed by atoms with Crippen LogP contribution in [0.5, 0.6) is 0 Å². The molecule has 0 aliphatic carbocycles. The van der Waals surface area contributed by atoms with E-state index in [0.29, 0.717) is 0 Å².